The van der Waals surface area contributed by atoms with Crippen LogP contribution >= 0.6 is 10.7 Å². The molecule has 2 aliphatic rings. The molecule has 2 nitrogen and oxygen atoms in total. The Labute approximate surface area is 120 Å². The number of para-hydroxylation sites is 1. The number of allylic oxidation sites excluding steroid dienone is 3. The van der Waals surface area contributed by atoms with Crippen LogP contribution in [0.1, 0.15) is 5.56 Å². The molecule has 2 N–H and O–H groups in total. The molecular formula is C17H14N2S. The topological polar surface area (TPSA) is 29.3 Å². The summed E-state index contributed by atoms with van der Waals surface area (Å²) in [5.74, 6) is 0. The lowest BCUT2D eigenvalue weighted by atomic mass is 10.1. The van der Waals surface area contributed by atoms with Crippen LogP contribution in [0.4, 0.5) is 17.1 Å². The number of anilines is 3. The first-order valence-electron chi connectivity index (χ1n) is 6.55. The van der Waals surface area contributed by atoms with Crippen molar-refractivity contribution in [1.29, 1.82) is 0 Å². The molecule has 2 aromatic rings. The smallest absolute Gasteiger partial charge is 0.0607 e. The van der Waals surface area contributed by atoms with Gasteiger partial charge in [-0.3, -0.25) is 4.31 Å². The van der Waals surface area contributed by atoms with E-state index in [1.807, 2.05) is 12.1 Å². The molecule has 20 heavy (non-hydrogen) atoms. The van der Waals surface area contributed by atoms with Crippen LogP contribution in [-0.2, 0) is 0 Å². The minimum absolute atomic E-state index is 0.0353. The predicted octanol–water partition coefficient (Wildman–Crippen LogP) is 4.21. The molecule has 4 rings (SSSR count). The highest BCUT2D eigenvalue weighted by Crippen LogP contribution is 2.48. The molecule has 2 heterocycles. The number of hydrogen-bond acceptors (Lipinski definition) is 2. The van der Waals surface area contributed by atoms with Crippen LogP contribution in [0.2, 0.25) is 0 Å². The zero-order valence-electron chi connectivity index (χ0n) is 10.9. The van der Waals surface area contributed by atoms with Gasteiger partial charge in [0.1, 0.15) is 0 Å². The number of nitrogens with two attached hydrogens (primary N) is 1. The Morgan fingerprint density at radius 1 is 0.900 bits per heavy atom. The molecule has 2 aromatic carbocycles. The van der Waals surface area contributed by atoms with Gasteiger partial charge >= 0.3 is 0 Å². The lowest BCUT2D eigenvalue weighted by Crippen LogP contribution is -2.06. The predicted molar refractivity (Wildman–Crippen MR) is 89.4 cm³/mol. The van der Waals surface area contributed by atoms with E-state index in [-0.39, 0.29) is 10.7 Å². The molecule has 2 aliphatic heterocycles. The Balaban J connectivity index is 1.95. The summed E-state index contributed by atoms with van der Waals surface area (Å²) in [5.41, 5.74) is 10.4. The quantitative estimate of drug-likeness (QED) is 0.625. The SMILES string of the molecule is Nc1ccc(N2c3ccccc3C3=S2C=CC=C3)cc1. The lowest BCUT2D eigenvalue weighted by molar-refractivity contribution is 1.44. The third kappa shape index (κ3) is 1.63. The van der Waals surface area contributed by atoms with Gasteiger partial charge in [0.15, 0.2) is 0 Å². The fraction of sp³-hybridized carbons (Fsp3) is 0. The van der Waals surface area contributed by atoms with E-state index in [9.17, 15) is 0 Å². The summed E-state index contributed by atoms with van der Waals surface area (Å²) < 4.78 is 2.39. The van der Waals surface area contributed by atoms with Crippen molar-refractivity contribution in [3.8, 4) is 0 Å². The van der Waals surface area contributed by atoms with Gasteiger partial charge in [-0.1, -0.05) is 41.0 Å². The van der Waals surface area contributed by atoms with E-state index in [4.69, 9.17) is 5.73 Å². The van der Waals surface area contributed by atoms with Crippen molar-refractivity contribution in [2.24, 2.45) is 0 Å². The van der Waals surface area contributed by atoms with Crippen molar-refractivity contribution in [2.75, 3.05) is 10.0 Å². The largest absolute Gasteiger partial charge is 0.399 e. The van der Waals surface area contributed by atoms with Crippen LogP contribution in [0, 0.1) is 0 Å². The van der Waals surface area contributed by atoms with Gasteiger partial charge in [-0.25, -0.2) is 0 Å². The Bertz CT molecular complexity index is 770. The van der Waals surface area contributed by atoms with E-state index >= 15 is 0 Å². The standard InChI is InChI=1S/C17H14N2S/c18-13-8-10-14(11-9-13)19-16-6-2-1-5-15(16)17-7-3-4-12-20(17)19/h1-12H,18H2. The summed E-state index contributed by atoms with van der Waals surface area (Å²) in [6.45, 7) is 0. The van der Waals surface area contributed by atoms with Crippen LogP contribution in [-0.4, -0.2) is 4.86 Å². The monoisotopic (exact) mass is 278 g/mol. The molecule has 3 heteroatoms. The highest BCUT2D eigenvalue weighted by atomic mass is 32.2. The van der Waals surface area contributed by atoms with Gasteiger partial charge in [-0.15, -0.1) is 0 Å². The molecule has 0 radical (unpaired) electrons. The second kappa shape index (κ2) is 4.39. The fourth-order valence-corrected chi connectivity index (χ4v) is 4.64. The molecule has 0 aliphatic carbocycles. The first-order valence-corrected chi connectivity index (χ1v) is 7.79. The third-order valence-corrected chi connectivity index (χ3v) is 5.53. The number of benzene rings is 2. The van der Waals surface area contributed by atoms with Gasteiger partial charge in [0, 0.05) is 16.1 Å². The minimum atomic E-state index is -0.0353. The molecule has 0 saturated carbocycles. The molecule has 1 unspecified atom stereocenters. The number of rotatable bonds is 1. The number of nitrogens with zero attached hydrogens (tertiary/aromatic N) is 1. The average Bonchev–Trinajstić information content (AvgIpc) is 2.83. The summed E-state index contributed by atoms with van der Waals surface area (Å²) in [7, 11) is -0.0353. The van der Waals surface area contributed by atoms with Crippen molar-refractivity contribution >= 4 is 32.6 Å². The van der Waals surface area contributed by atoms with E-state index in [0.717, 1.165) is 5.69 Å². The second-order valence-corrected chi connectivity index (χ2v) is 6.48. The van der Waals surface area contributed by atoms with E-state index in [2.05, 4.69) is 64.3 Å². The number of hydrogen-bond donors (Lipinski definition) is 1. The Morgan fingerprint density at radius 2 is 1.70 bits per heavy atom. The second-order valence-electron chi connectivity index (χ2n) is 4.77. The van der Waals surface area contributed by atoms with Crippen molar-refractivity contribution in [3.63, 3.8) is 0 Å². The molecular weight excluding hydrogens is 264 g/mol. The van der Waals surface area contributed by atoms with Crippen molar-refractivity contribution < 1.29 is 0 Å². The molecule has 0 spiro atoms. The van der Waals surface area contributed by atoms with Gasteiger partial charge in [0.05, 0.1) is 11.4 Å². The highest BCUT2D eigenvalue weighted by molar-refractivity contribution is 8.20. The summed E-state index contributed by atoms with van der Waals surface area (Å²) in [4.78, 5) is 1.39. The Kier molecular flexibility index (Phi) is 2.54. The molecule has 0 amide bonds. The van der Waals surface area contributed by atoms with Gasteiger partial charge < -0.3 is 5.73 Å². The normalized spacial score (nSPS) is 19.1. The zero-order chi connectivity index (χ0) is 13.5. The lowest BCUT2D eigenvalue weighted by Gasteiger charge is -2.23. The van der Waals surface area contributed by atoms with Gasteiger partial charge in [0.25, 0.3) is 0 Å². The molecule has 0 saturated heterocycles. The van der Waals surface area contributed by atoms with Gasteiger partial charge in [0.2, 0.25) is 0 Å². The zero-order valence-corrected chi connectivity index (χ0v) is 11.7. The summed E-state index contributed by atoms with van der Waals surface area (Å²) in [5, 5.41) is 2.27. The van der Waals surface area contributed by atoms with E-state index in [0.29, 0.717) is 0 Å². The molecule has 98 valence electrons. The van der Waals surface area contributed by atoms with Crippen LogP contribution < -0.4 is 10.0 Å². The van der Waals surface area contributed by atoms with Crippen LogP contribution in [0.3, 0.4) is 0 Å². The van der Waals surface area contributed by atoms with Crippen LogP contribution in [0.5, 0.6) is 0 Å². The Hall–Kier alpha value is -2.26. The molecule has 0 bridgehead atoms. The van der Waals surface area contributed by atoms with Crippen molar-refractivity contribution in [3.05, 3.63) is 77.7 Å². The van der Waals surface area contributed by atoms with Gasteiger partial charge in [-0.05, 0) is 41.8 Å². The average molecular weight is 278 g/mol. The third-order valence-electron chi connectivity index (χ3n) is 3.50. The summed E-state index contributed by atoms with van der Waals surface area (Å²) in [6.07, 6.45) is 6.46. The first kappa shape index (κ1) is 11.6. The maximum absolute atomic E-state index is 5.81. The highest BCUT2D eigenvalue weighted by Gasteiger charge is 2.26. The summed E-state index contributed by atoms with van der Waals surface area (Å²) in [6, 6.07) is 16.7. The molecule has 0 aromatic heterocycles. The fourth-order valence-electron chi connectivity index (χ4n) is 2.59. The maximum Gasteiger partial charge on any atom is 0.0607 e. The van der Waals surface area contributed by atoms with E-state index in [1.165, 1.54) is 21.8 Å². The van der Waals surface area contributed by atoms with Crippen molar-refractivity contribution in [1.82, 2.24) is 0 Å². The van der Waals surface area contributed by atoms with E-state index < -0.39 is 0 Å². The summed E-state index contributed by atoms with van der Waals surface area (Å²) >= 11 is 0. The minimum Gasteiger partial charge on any atom is -0.399 e. The van der Waals surface area contributed by atoms with Crippen molar-refractivity contribution in [2.45, 2.75) is 0 Å². The first-order chi connectivity index (χ1) is 9.84. The number of fused-ring (bicyclic) bond motifs is 2. The molecule has 1 atom stereocenters. The Morgan fingerprint density at radius 3 is 2.55 bits per heavy atom. The van der Waals surface area contributed by atoms with Crippen LogP contribution in [0.15, 0.2) is 72.2 Å². The van der Waals surface area contributed by atoms with E-state index in [1.54, 1.807) is 0 Å². The van der Waals surface area contributed by atoms with Crippen LogP contribution in [0.25, 0.3) is 0 Å². The number of nitrogen functional groups attached to an aromatic ring is 1. The van der Waals surface area contributed by atoms with Gasteiger partial charge in [-0.2, -0.15) is 0 Å². The molecule has 0 fully saturated rings. The maximum atomic E-state index is 5.81.